The number of unbranched alkanes of at least 4 members (excludes halogenated alkanes) is 6. The molecule has 0 saturated carbocycles. The SMILES string of the molecule is C=C(C)/C=C\C=C(\C)NCC(=C)C(/C=C\C)C(CCCCCCCCC)C(=NC)C(C)C. The van der Waals surface area contributed by atoms with E-state index < -0.39 is 0 Å². The van der Waals surface area contributed by atoms with Gasteiger partial charge >= 0.3 is 0 Å². The molecule has 0 aromatic carbocycles. The summed E-state index contributed by atoms with van der Waals surface area (Å²) in [5.74, 6) is 1.19. The standard InChI is InChI=1S/C30H52N2/c1-10-12-13-14-15-16-17-22-29(30(31-9)25(5)6)28(19-11-2)26(7)23-32-27(8)21-18-20-24(3)4/h11,18-21,25,28-29,32H,3,7,10,12-17,22-23H2,1-2,4-6,8-9H3/b19-11-,20-18-,27-21-,31-30?. The Morgan fingerprint density at radius 1 is 1.00 bits per heavy atom. The van der Waals surface area contributed by atoms with Crippen LogP contribution >= 0.6 is 0 Å². The molecule has 0 amide bonds. The van der Waals surface area contributed by atoms with Crippen molar-refractivity contribution in [2.24, 2.45) is 22.7 Å². The molecule has 0 rings (SSSR count). The van der Waals surface area contributed by atoms with Crippen LogP contribution in [0.5, 0.6) is 0 Å². The molecule has 0 saturated heterocycles. The molecular weight excluding hydrogens is 388 g/mol. The number of hydrogen-bond acceptors (Lipinski definition) is 2. The molecule has 2 unspecified atom stereocenters. The maximum atomic E-state index is 4.76. The van der Waals surface area contributed by atoms with Crippen LogP contribution < -0.4 is 5.32 Å². The number of nitrogens with one attached hydrogen (secondary N) is 1. The van der Waals surface area contributed by atoms with Gasteiger partial charge in [-0.05, 0) is 39.2 Å². The molecule has 0 aliphatic rings. The second kappa shape index (κ2) is 18.7. The maximum Gasteiger partial charge on any atom is 0.0360 e. The Morgan fingerprint density at radius 2 is 1.62 bits per heavy atom. The van der Waals surface area contributed by atoms with Gasteiger partial charge < -0.3 is 5.32 Å². The first-order valence-corrected chi connectivity index (χ1v) is 12.8. The summed E-state index contributed by atoms with van der Waals surface area (Å²) in [5.41, 5.74) is 4.76. The van der Waals surface area contributed by atoms with E-state index in [-0.39, 0.29) is 0 Å². The topological polar surface area (TPSA) is 24.4 Å². The summed E-state index contributed by atoms with van der Waals surface area (Å²) in [6.45, 7) is 22.2. The van der Waals surface area contributed by atoms with Crippen LogP contribution in [-0.2, 0) is 0 Å². The van der Waals surface area contributed by atoms with E-state index in [1.807, 2.05) is 26.1 Å². The highest BCUT2D eigenvalue weighted by Crippen LogP contribution is 2.30. The molecule has 0 spiro atoms. The quantitative estimate of drug-likeness (QED) is 0.0978. The average molecular weight is 441 g/mol. The Labute approximate surface area is 200 Å². The van der Waals surface area contributed by atoms with Crippen molar-refractivity contribution in [2.75, 3.05) is 13.6 Å². The van der Waals surface area contributed by atoms with E-state index in [0.29, 0.717) is 17.8 Å². The zero-order chi connectivity index (χ0) is 24.4. The highest BCUT2D eigenvalue weighted by molar-refractivity contribution is 5.89. The van der Waals surface area contributed by atoms with E-state index in [2.05, 4.69) is 71.3 Å². The second-order valence-electron chi connectivity index (χ2n) is 9.44. The molecule has 0 aliphatic carbocycles. The normalized spacial score (nSPS) is 15.0. The molecule has 0 aromatic heterocycles. The van der Waals surface area contributed by atoms with Gasteiger partial charge in [-0.2, -0.15) is 0 Å². The van der Waals surface area contributed by atoms with Crippen LogP contribution in [-0.4, -0.2) is 19.3 Å². The summed E-state index contributed by atoms with van der Waals surface area (Å²) in [6, 6.07) is 0. The predicted octanol–water partition coefficient (Wildman–Crippen LogP) is 8.84. The van der Waals surface area contributed by atoms with E-state index in [1.165, 1.54) is 62.7 Å². The van der Waals surface area contributed by atoms with Crippen LogP contribution in [0.4, 0.5) is 0 Å². The van der Waals surface area contributed by atoms with Crippen LogP contribution in [0, 0.1) is 17.8 Å². The van der Waals surface area contributed by atoms with Crippen molar-refractivity contribution >= 4 is 5.71 Å². The van der Waals surface area contributed by atoms with Gasteiger partial charge in [0.15, 0.2) is 0 Å². The summed E-state index contributed by atoms with van der Waals surface area (Å²) in [4.78, 5) is 4.76. The van der Waals surface area contributed by atoms with E-state index in [1.54, 1.807) is 0 Å². The number of aliphatic imine (C=N–C) groups is 1. The largest absolute Gasteiger partial charge is 0.385 e. The van der Waals surface area contributed by atoms with E-state index in [9.17, 15) is 0 Å². The van der Waals surface area contributed by atoms with Gasteiger partial charge in [0, 0.05) is 36.8 Å². The molecule has 0 aromatic rings. The van der Waals surface area contributed by atoms with Crippen molar-refractivity contribution in [3.05, 3.63) is 60.4 Å². The van der Waals surface area contributed by atoms with Gasteiger partial charge in [0.2, 0.25) is 0 Å². The third-order valence-electron chi connectivity index (χ3n) is 5.97. The second-order valence-corrected chi connectivity index (χ2v) is 9.44. The first-order chi connectivity index (χ1) is 15.3. The molecule has 0 heterocycles. The summed E-state index contributed by atoms with van der Waals surface area (Å²) >= 11 is 0. The number of rotatable bonds is 18. The van der Waals surface area contributed by atoms with Crippen molar-refractivity contribution < 1.29 is 0 Å². The Morgan fingerprint density at radius 3 is 2.16 bits per heavy atom. The summed E-state index contributed by atoms with van der Waals surface area (Å²) < 4.78 is 0. The van der Waals surface area contributed by atoms with Crippen LogP contribution in [0.2, 0.25) is 0 Å². The fourth-order valence-corrected chi connectivity index (χ4v) is 4.23. The molecule has 2 atom stereocenters. The summed E-state index contributed by atoms with van der Waals surface area (Å²) in [7, 11) is 1.96. The molecule has 182 valence electrons. The summed E-state index contributed by atoms with van der Waals surface area (Å²) in [6.07, 6.45) is 21.2. The first-order valence-electron chi connectivity index (χ1n) is 12.8. The van der Waals surface area contributed by atoms with Crippen molar-refractivity contribution in [3.63, 3.8) is 0 Å². The van der Waals surface area contributed by atoms with Crippen molar-refractivity contribution in [1.82, 2.24) is 5.32 Å². The molecule has 0 aliphatic heterocycles. The van der Waals surface area contributed by atoms with E-state index in [4.69, 9.17) is 4.99 Å². The smallest absolute Gasteiger partial charge is 0.0360 e. The van der Waals surface area contributed by atoms with Gasteiger partial charge in [-0.3, -0.25) is 4.99 Å². The van der Waals surface area contributed by atoms with Gasteiger partial charge in [-0.25, -0.2) is 0 Å². The lowest BCUT2D eigenvalue weighted by Gasteiger charge is -2.30. The number of hydrogen-bond donors (Lipinski definition) is 1. The molecule has 32 heavy (non-hydrogen) atoms. The van der Waals surface area contributed by atoms with Crippen LogP contribution in [0.3, 0.4) is 0 Å². The third kappa shape index (κ3) is 13.6. The summed E-state index contributed by atoms with van der Waals surface area (Å²) in [5, 5.41) is 3.54. The lowest BCUT2D eigenvalue weighted by molar-refractivity contribution is 0.462. The van der Waals surface area contributed by atoms with Gasteiger partial charge in [0.25, 0.3) is 0 Å². The predicted molar refractivity (Wildman–Crippen MR) is 147 cm³/mol. The monoisotopic (exact) mass is 440 g/mol. The first kappa shape index (κ1) is 30.2. The van der Waals surface area contributed by atoms with Gasteiger partial charge in [-0.15, -0.1) is 0 Å². The van der Waals surface area contributed by atoms with Gasteiger partial charge in [0.05, 0.1) is 0 Å². The Kier molecular flexibility index (Phi) is 17.6. The van der Waals surface area contributed by atoms with E-state index >= 15 is 0 Å². The van der Waals surface area contributed by atoms with Crippen LogP contribution in [0.25, 0.3) is 0 Å². The Bertz CT molecular complexity index is 646. The molecule has 0 bridgehead atoms. The lowest BCUT2D eigenvalue weighted by Crippen LogP contribution is -2.30. The third-order valence-corrected chi connectivity index (χ3v) is 5.97. The van der Waals surface area contributed by atoms with Crippen molar-refractivity contribution in [3.8, 4) is 0 Å². The molecule has 2 heteroatoms. The molecular formula is C30H52N2. The molecule has 0 fully saturated rings. The Hall–Kier alpha value is -1.83. The highest BCUT2D eigenvalue weighted by Gasteiger charge is 2.27. The van der Waals surface area contributed by atoms with Crippen molar-refractivity contribution in [1.29, 1.82) is 0 Å². The molecule has 1 N–H and O–H groups in total. The van der Waals surface area contributed by atoms with E-state index in [0.717, 1.165) is 17.8 Å². The zero-order valence-electron chi connectivity index (χ0n) is 22.3. The maximum absolute atomic E-state index is 4.76. The van der Waals surface area contributed by atoms with Gasteiger partial charge in [0.1, 0.15) is 0 Å². The fourth-order valence-electron chi connectivity index (χ4n) is 4.23. The average Bonchev–Trinajstić information content (AvgIpc) is 2.74. The minimum Gasteiger partial charge on any atom is -0.385 e. The van der Waals surface area contributed by atoms with Gasteiger partial charge in [-0.1, -0.05) is 114 Å². The van der Waals surface area contributed by atoms with Crippen molar-refractivity contribution in [2.45, 2.75) is 92.9 Å². The number of allylic oxidation sites excluding steroid dienone is 7. The highest BCUT2D eigenvalue weighted by atomic mass is 14.9. The zero-order valence-corrected chi connectivity index (χ0v) is 22.3. The fraction of sp³-hybridized carbons (Fsp3) is 0.633. The Balaban J connectivity index is 5.22. The minimum atomic E-state index is 0.312. The number of nitrogens with zero attached hydrogens (tertiary/aromatic N) is 1. The molecule has 2 nitrogen and oxygen atoms in total. The van der Waals surface area contributed by atoms with Crippen LogP contribution in [0.1, 0.15) is 92.9 Å². The molecule has 0 radical (unpaired) electrons. The van der Waals surface area contributed by atoms with Crippen LogP contribution in [0.15, 0.2) is 65.4 Å². The minimum absolute atomic E-state index is 0.312. The lowest BCUT2D eigenvalue weighted by atomic mass is 9.76.